The summed E-state index contributed by atoms with van der Waals surface area (Å²) in [4.78, 5) is 23.7. The van der Waals surface area contributed by atoms with Gasteiger partial charge in [-0.3, -0.25) is 9.59 Å². The number of nitrogens with one attached hydrogen (secondary N) is 2. The molecule has 39 heavy (non-hydrogen) atoms. The SMILES string of the molecule is O=C(O)C[C@H]1CC[C@H](c2ccc(NC(=O)c3nnc(Nc4ccccc4OCc4ccccc4)o3)cc2)CC1. The van der Waals surface area contributed by atoms with Gasteiger partial charge in [-0.05, 0) is 72.9 Å². The second-order valence-corrected chi connectivity index (χ2v) is 9.70. The summed E-state index contributed by atoms with van der Waals surface area (Å²) in [6.07, 6.45) is 4.04. The van der Waals surface area contributed by atoms with Crippen LogP contribution in [-0.2, 0) is 11.4 Å². The van der Waals surface area contributed by atoms with Crippen LogP contribution in [0.4, 0.5) is 17.4 Å². The smallest absolute Gasteiger partial charge is 0.320 e. The topological polar surface area (TPSA) is 127 Å². The van der Waals surface area contributed by atoms with Crippen LogP contribution in [0.3, 0.4) is 0 Å². The van der Waals surface area contributed by atoms with Gasteiger partial charge in [-0.15, -0.1) is 5.10 Å². The number of anilines is 3. The van der Waals surface area contributed by atoms with Crippen LogP contribution in [0, 0.1) is 5.92 Å². The molecule has 3 N–H and O–H groups in total. The lowest BCUT2D eigenvalue weighted by molar-refractivity contribution is -0.138. The summed E-state index contributed by atoms with van der Waals surface area (Å²) in [6, 6.07) is 25.0. The second-order valence-electron chi connectivity index (χ2n) is 9.70. The average Bonchev–Trinajstić information content (AvgIpc) is 3.42. The Morgan fingerprint density at radius 3 is 2.36 bits per heavy atom. The Bertz CT molecular complexity index is 1400. The average molecular weight is 527 g/mol. The van der Waals surface area contributed by atoms with E-state index in [1.165, 1.54) is 5.56 Å². The summed E-state index contributed by atoms with van der Waals surface area (Å²) in [5, 5.41) is 22.7. The van der Waals surface area contributed by atoms with Crippen LogP contribution >= 0.6 is 0 Å². The molecule has 1 amide bonds. The molecule has 9 heteroatoms. The Kier molecular flexibility index (Phi) is 8.16. The normalized spacial score (nSPS) is 16.8. The summed E-state index contributed by atoms with van der Waals surface area (Å²) in [7, 11) is 0. The fourth-order valence-electron chi connectivity index (χ4n) is 4.88. The number of carbonyl (C=O) groups excluding carboxylic acids is 1. The first kappa shape index (κ1) is 26.0. The number of aliphatic carboxylic acids is 1. The number of carbonyl (C=O) groups is 2. The Morgan fingerprint density at radius 2 is 1.62 bits per heavy atom. The van der Waals surface area contributed by atoms with E-state index in [9.17, 15) is 9.59 Å². The maximum atomic E-state index is 12.7. The van der Waals surface area contributed by atoms with Gasteiger partial charge in [0.2, 0.25) is 0 Å². The predicted octanol–water partition coefficient (Wildman–Crippen LogP) is 6.39. The van der Waals surface area contributed by atoms with E-state index < -0.39 is 11.9 Å². The van der Waals surface area contributed by atoms with E-state index in [4.69, 9.17) is 14.3 Å². The van der Waals surface area contributed by atoms with Crippen LogP contribution in [0.15, 0.2) is 83.3 Å². The Labute approximate surface area is 226 Å². The largest absolute Gasteiger partial charge is 0.487 e. The number of hydrogen-bond donors (Lipinski definition) is 3. The molecule has 5 rings (SSSR count). The molecule has 1 fully saturated rings. The molecular formula is C30H30N4O5. The fourth-order valence-corrected chi connectivity index (χ4v) is 4.88. The molecule has 1 saturated carbocycles. The molecule has 1 aliphatic carbocycles. The maximum absolute atomic E-state index is 12.7. The standard InChI is InChI=1S/C30H30N4O5/c35-27(36)18-20-10-12-22(13-11-20)23-14-16-24(17-15-23)31-28(37)29-33-34-30(39-29)32-25-8-4-5-9-26(25)38-19-21-6-2-1-3-7-21/h1-9,14-17,20,22H,10-13,18-19H2,(H,31,37)(H,32,34)(H,35,36)/t20-,22-. The molecule has 0 atom stereocenters. The third kappa shape index (κ3) is 7.01. The van der Waals surface area contributed by atoms with E-state index >= 15 is 0 Å². The van der Waals surface area contributed by atoms with Gasteiger partial charge < -0.3 is 24.9 Å². The lowest BCUT2D eigenvalue weighted by Gasteiger charge is -2.28. The van der Waals surface area contributed by atoms with Crippen LogP contribution in [0.1, 0.15) is 59.8 Å². The number of benzene rings is 3. The van der Waals surface area contributed by atoms with Crippen molar-refractivity contribution in [1.82, 2.24) is 10.2 Å². The second kappa shape index (κ2) is 12.3. The van der Waals surface area contributed by atoms with E-state index in [1.54, 1.807) is 0 Å². The van der Waals surface area contributed by atoms with Gasteiger partial charge in [-0.2, -0.15) is 0 Å². The number of aromatic nitrogens is 2. The molecule has 0 aliphatic heterocycles. The van der Waals surface area contributed by atoms with Gasteiger partial charge in [0.05, 0.1) is 5.69 Å². The number of hydrogen-bond acceptors (Lipinski definition) is 7. The lowest BCUT2D eigenvalue weighted by atomic mass is 9.77. The van der Waals surface area contributed by atoms with Gasteiger partial charge in [-0.1, -0.05) is 59.7 Å². The third-order valence-corrected chi connectivity index (χ3v) is 6.94. The number of ether oxygens (including phenoxy) is 1. The van der Waals surface area contributed by atoms with Crippen molar-refractivity contribution in [3.05, 3.63) is 95.9 Å². The molecule has 1 aromatic heterocycles. The zero-order chi connectivity index (χ0) is 27.0. The van der Waals surface area contributed by atoms with Crippen molar-refractivity contribution in [1.29, 1.82) is 0 Å². The predicted molar refractivity (Wildman–Crippen MR) is 146 cm³/mol. The van der Waals surface area contributed by atoms with E-state index in [1.807, 2.05) is 78.9 Å². The number of nitrogens with zero attached hydrogens (tertiary/aromatic N) is 2. The minimum absolute atomic E-state index is 0.0739. The highest BCUT2D eigenvalue weighted by Gasteiger charge is 2.24. The van der Waals surface area contributed by atoms with Crippen molar-refractivity contribution in [2.45, 2.75) is 44.6 Å². The third-order valence-electron chi connectivity index (χ3n) is 6.94. The van der Waals surface area contributed by atoms with E-state index in [0.717, 1.165) is 31.2 Å². The summed E-state index contributed by atoms with van der Waals surface area (Å²) >= 11 is 0. The van der Waals surface area contributed by atoms with Gasteiger partial charge in [0.1, 0.15) is 12.4 Å². The molecular weight excluding hydrogens is 496 g/mol. The molecule has 1 aliphatic rings. The minimum Gasteiger partial charge on any atom is -0.487 e. The quantitative estimate of drug-likeness (QED) is 0.217. The first-order valence-corrected chi connectivity index (χ1v) is 13.0. The van der Waals surface area contributed by atoms with Crippen molar-refractivity contribution in [2.75, 3.05) is 10.6 Å². The van der Waals surface area contributed by atoms with E-state index in [2.05, 4.69) is 20.8 Å². The van der Waals surface area contributed by atoms with Crippen molar-refractivity contribution in [2.24, 2.45) is 5.92 Å². The zero-order valence-corrected chi connectivity index (χ0v) is 21.4. The number of carboxylic acid groups (broad SMARTS) is 1. The Morgan fingerprint density at radius 1 is 0.897 bits per heavy atom. The van der Waals surface area contributed by atoms with Gasteiger partial charge in [0, 0.05) is 12.1 Å². The maximum Gasteiger partial charge on any atom is 0.320 e. The number of para-hydroxylation sites is 2. The van der Waals surface area contributed by atoms with Gasteiger partial charge in [0.15, 0.2) is 0 Å². The van der Waals surface area contributed by atoms with Crippen LogP contribution in [0.25, 0.3) is 0 Å². The summed E-state index contributed by atoms with van der Waals surface area (Å²) in [5.74, 6) is -0.112. The number of carboxylic acids is 1. The molecule has 3 aromatic carbocycles. The van der Waals surface area contributed by atoms with E-state index in [-0.39, 0.29) is 24.2 Å². The van der Waals surface area contributed by atoms with Crippen molar-refractivity contribution < 1.29 is 23.8 Å². The van der Waals surface area contributed by atoms with Crippen LogP contribution in [0.5, 0.6) is 5.75 Å². The first-order chi connectivity index (χ1) is 19.0. The summed E-state index contributed by atoms with van der Waals surface area (Å²) in [6.45, 7) is 0.405. The molecule has 0 radical (unpaired) electrons. The van der Waals surface area contributed by atoms with E-state index in [0.29, 0.717) is 29.6 Å². The molecule has 200 valence electrons. The molecule has 0 unspecified atom stereocenters. The Hall–Kier alpha value is -4.66. The number of amides is 1. The fraction of sp³-hybridized carbons (Fsp3) is 0.267. The highest BCUT2D eigenvalue weighted by atomic mass is 16.5. The number of rotatable bonds is 10. The van der Waals surface area contributed by atoms with Crippen LogP contribution in [0.2, 0.25) is 0 Å². The highest BCUT2D eigenvalue weighted by Crippen LogP contribution is 2.37. The van der Waals surface area contributed by atoms with Gasteiger partial charge >= 0.3 is 23.8 Å². The minimum atomic E-state index is -0.722. The molecule has 0 spiro atoms. The molecule has 0 bridgehead atoms. The van der Waals surface area contributed by atoms with Crippen LogP contribution in [-0.4, -0.2) is 27.2 Å². The highest BCUT2D eigenvalue weighted by molar-refractivity contribution is 6.00. The van der Waals surface area contributed by atoms with Crippen molar-refractivity contribution >= 4 is 29.3 Å². The van der Waals surface area contributed by atoms with Crippen LogP contribution < -0.4 is 15.4 Å². The lowest BCUT2D eigenvalue weighted by Crippen LogP contribution is -2.16. The summed E-state index contributed by atoms with van der Waals surface area (Å²) in [5.41, 5.74) is 3.49. The van der Waals surface area contributed by atoms with Gasteiger partial charge in [0.25, 0.3) is 0 Å². The molecule has 9 nitrogen and oxygen atoms in total. The van der Waals surface area contributed by atoms with Crippen molar-refractivity contribution in [3.63, 3.8) is 0 Å². The Balaban J connectivity index is 1.15. The first-order valence-electron chi connectivity index (χ1n) is 13.0. The zero-order valence-electron chi connectivity index (χ0n) is 21.4. The monoisotopic (exact) mass is 526 g/mol. The molecule has 4 aromatic rings. The van der Waals surface area contributed by atoms with Crippen molar-refractivity contribution in [3.8, 4) is 5.75 Å². The van der Waals surface area contributed by atoms with Gasteiger partial charge in [-0.25, -0.2) is 0 Å². The summed E-state index contributed by atoms with van der Waals surface area (Å²) < 4.78 is 11.5. The molecule has 1 heterocycles. The molecule has 0 saturated heterocycles.